The lowest BCUT2D eigenvalue weighted by molar-refractivity contribution is -0.137. The third-order valence-electron chi connectivity index (χ3n) is 3.01. The van der Waals surface area contributed by atoms with Crippen LogP contribution in [0.4, 0.5) is 4.79 Å². The number of carbonyl (C=O) groups is 2. The van der Waals surface area contributed by atoms with Gasteiger partial charge in [-0.05, 0) is 27.2 Å². The minimum atomic E-state index is -0.879. The molecule has 0 bridgehead atoms. The van der Waals surface area contributed by atoms with Crippen LogP contribution in [0.1, 0.15) is 53.4 Å². The summed E-state index contributed by atoms with van der Waals surface area (Å²) in [6.07, 6.45) is 3.17. The second-order valence-corrected chi connectivity index (χ2v) is 5.88. The van der Waals surface area contributed by atoms with Gasteiger partial charge in [0.15, 0.2) is 0 Å². The predicted octanol–water partition coefficient (Wildman–Crippen LogP) is 2.80. The fourth-order valence-electron chi connectivity index (χ4n) is 1.83. The molecule has 112 valence electrons. The quantitative estimate of drug-likeness (QED) is 0.725. The first kappa shape index (κ1) is 17.7. The number of urea groups is 1. The van der Waals surface area contributed by atoms with Crippen molar-refractivity contribution in [3.63, 3.8) is 0 Å². The van der Waals surface area contributed by atoms with E-state index >= 15 is 0 Å². The van der Waals surface area contributed by atoms with Gasteiger partial charge in [0.25, 0.3) is 0 Å². The average molecular weight is 272 g/mol. The van der Waals surface area contributed by atoms with Crippen LogP contribution in [-0.4, -0.2) is 52.6 Å². The van der Waals surface area contributed by atoms with Crippen LogP contribution in [0.5, 0.6) is 0 Å². The smallest absolute Gasteiger partial charge is 0.320 e. The van der Waals surface area contributed by atoms with Crippen molar-refractivity contribution >= 4 is 12.0 Å². The van der Waals surface area contributed by atoms with Gasteiger partial charge in [0.2, 0.25) is 0 Å². The number of aliphatic carboxylic acids is 1. The van der Waals surface area contributed by atoms with Crippen LogP contribution < -0.4 is 0 Å². The zero-order valence-electron chi connectivity index (χ0n) is 12.9. The van der Waals surface area contributed by atoms with Crippen LogP contribution in [0.3, 0.4) is 0 Å². The highest BCUT2D eigenvalue weighted by Gasteiger charge is 2.28. The molecular weight excluding hydrogens is 244 g/mol. The highest BCUT2D eigenvalue weighted by Crippen LogP contribution is 2.16. The number of carbonyl (C=O) groups excluding carboxylic acids is 1. The van der Waals surface area contributed by atoms with Crippen molar-refractivity contribution in [2.45, 2.75) is 58.9 Å². The molecule has 0 heterocycles. The molecule has 0 aromatic carbocycles. The number of carboxylic acids is 1. The topological polar surface area (TPSA) is 60.9 Å². The number of nitrogens with zero attached hydrogens (tertiary/aromatic N) is 2. The van der Waals surface area contributed by atoms with Gasteiger partial charge in [-0.25, -0.2) is 4.79 Å². The van der Waals surface area contributed by atoms with E-state index in [-0.39, 0.29) is 24.5 Å². The van der Waals surface area contributed by atoms with Crippen molar-refractivity contribution in [3.05, 3.63) is 0 Å². The number of amides is 2. The average Bonchev–Trinajstić information content (AvgIpc) is 2.26. The SMILES string of the molecule is CCCCCN(C)C(=O)N(CCC(=O)O)C(C)(C)C. The van der Waals surface area contributed by atoms with E-state index in [2.05, 4.69) is 6.92 Å². The lowest BCUT2D eigenvalue weighted by Gasteiger charge is -2.38. The Bertz CT molecular complexity index is 298. The van der Waals surface area contributed by atoms with Crippen molar-refractivity contribution < 1.29 is 14.7 Å². The van der Waals surface area contributed by atoms with E-state index < -0.39 is 5.97 Å². The Morgan fingerprint density at radius 3 is 2.11 bits per heavy atom. The summed E-state index contributed by atoms with van der Waals surface area (Å²) in [5, 5.41) is 8.77. The van der Waals surface area contributed by atoms with Crippen molar-refractivity contribution in [3.8, 4) is 0 Å². The van der Waals surface area contributed by atoms with Gasteiger partial charge < -0.3 is 14.9 Å². The van der Waals surface area contributed by atoms with Gasteiger partial charge >= 0.3 is 12.0 Å². The normalized spacial score (nSPS) is 11.2. The van der Waals surface area contributed by atoms with Crippen LogP contribution in [0.2, 0.25) is 0 Å². The summed E-state index contributed by atoms with van der Waals surface area (Å²) >= 11 is 0. The molecule has 2 amide bonds. The van der Waals surface area contributed by atoms with Crippen molar-refractivity contribution in [2.24, 2.45) is 0 Å². The predicted molar refractivity (Wildman–Crippen MR) is 76.3 cm³/mol. The maximum atomic E-state index is 12.4. The molecule has 0 rings (SSSR count). The summed E-state index contributed by atoms with van der Waals surface area (Å²) in [7, 11) is 1.78. The zero-order chi connectivity index (χ0) is 15.1. The molecule has 0 aliphatic heterocycles. The molecule has 19 heavy (non-hydrogen) atoms. The third-order valence-corrected chi connectivity index (χ3v) is 3.01. The summed E-state index contributed by atoms with van der Waals surface area (Å²) in [5.41, 5.74) is -0.369. The standard InChI is InChI=1S/C14H28N2O3/c1-6-7-8-10-15(5)13(19)16(14(2,3)4)11-9-12(17)18/h6-11H2,1-5H3,(H,17,18). The third kappa shape index (κ3) is 7.03. The summed E-state index contributed by atoms with van der Waals surface area (Å²) in [4.78, 5) is 26.4. The summed E-state index contributed by atoms with van der Waals surface area (Å²) < 4.78 is 0. The summed E-state index contributed by atoms with van der Waals surface area (Å²) in [6, 6.07) is -0.0927. The Labute approximate surface area is 116 Å². The molecule has 0 aliphatic carbocycles. The Balaban J connectivity index is 4.57. The Kier molecular flexibility index (Phi) is 7.49. The van der Waals surface area contributed by atoms with E-state index in [1.54, 1.807) is 16.8 Å². The van der Waals surface area contributed by atoms with E-state index in [4.69, 9.17) is 5.11 Å². The first-order chi connectivity index (χ1) is 8.70. The van der Waals surface area contributed by atoms with Gasteiger partial charge in [0, 0.05) is 25.7 Å². The van der Waals surface area contributed by atoms with Gasteiger partial charge in [-0.2, -0.15) is 0 Å². The maximum Gasteiger partial charge on any atom is 0.320 e. The summed E-state index contributed by atoms with van der Waals surface area (Å²) in [5.74, 6) is -0.879. The number of hydrogen-bond donors (Lipinski definition) is 1. The lowest BCUT2D eigenvalue weighted by atomic mass is 10.1. The molecule has 0 aromatic heterocycles. The number of carboxylic acid groups (broad SMARTS) is 1. The maximum absolute atomic E-state index is 12.4. The molecule has 0 fully saturated rings. The van der Waals surface area contributed by atoms with E-state index in [0.717, 1.165) is 19.3 Å². The molecule has 0 saturated carbocycles. The largest absolute Gasteiger partial charge is 0.481 e. The molecule has 0 unspecified atom stereocenters. The van der Waals surface area contributed by atoms with Crippen LogP contribution in [-0.2, 0) is 4.79 Å². The monoisotopic (exact) mass is 272 g/mol. The van der Waals surface area contributed by atoms with E-state index in [9.17, 15) is 9.59 Å². The number of rotatable bonds is 7. The van der Waals surface area contributed by atoms with Gasteiger partial charge in [-0.1, -0.05) is 19.8 Å². The van der Waals surface area contributed by atoms with E-state index in [1.165, 1.54) is 0 Å². The highest BCUT2D eigenvalue weighted by molar-refractivity contribution is 5.76. The van der Waals surface area contributed by atoms with Crippen LogP contribution in [0.25, 0.3) is 0 Å². The van der Waals surface area contributed by atoms with Gasteiger partial charge in [-0.3, -0.25) is 4.79 Å². The molecule has 0 aliphatic rings. The molecule has 0 aromatic rings. The first-order valence-electron chi connectivity index (χ1n) is 6.94. The van der Waals surface area contributed by atoms with Crippen molar-refractivity contribution in [1.82, 2.24) is 9.80 Å². The molecule has 0 spiro atoms. The Morgan fingerprint density at radius 2 is 1.68 bits per heavy atom. The zero-order valence-corrected chi connectivity index (χ0v) is 12.9. The fraction of sp³-hybridized carbons (Fsp3) is 0.857. The van der Waals surface area contributed by atoms with Crippen LogP contribution in [0, 0.1) is 0 Å². The molecule has 0 atom stereocenters. The van der Waals surface area contributed by atoms with E-state index in [0.29, 0.717) is 6.54 Å². The molecule has 5 nitrogen and oxygen atoms in total. The van der Waals surface area contributed by atoms with Crippen molar-refractivity contribution in [1.29, 1.82) is 0 Å². The first-order valence-corrected chi connectivity index (χ1v) is 6.94. The van der Waals surface area contributed by atoms with Crippen LogP contribution in [0.15, 0.2) is 0 Å². The molecule has 5 heteroatoms. The Hall–Kier alpha value is -1.26. The number of unbranched alkanes of at least 4 members (excludes halogenated alkanes) is 2. The Morgan fingerprint density at radius 1 is 1.11 bits per heavy atom. The number of hydrogen-bond acceptors (Lipinski definition) is 2. The molecule has 0 radical (unpaired) electrons. The van der Waals surface area contributed by atoms with Gasteiger partial charge in [-0.15, -0.1) is 0 Å². The fourth-order valence-corrected chi connectivity index (χ4v) is 1.83. The highest BCUT2D eigenvalue weighted by atomic mass is 16.4. The molecular formula is C14H28N2O3. The summed E-state index contributed by atoms with van der Waals surface area (Å²) in [6.45, 7) is 8.85. The van der Waals surface area contributed by atoms with Gasteiger partial charge in [0.1, 0.15) is 0 Å². The second-order valence-electron chi connectivity index (χ2n) is 5.88. The molecule has 0 saturated heterocycles. The van der Waals surface area contributed by atoms with E-state index in [1.807, 2.05) is 20.8 Å². The molecule has 1 N–H and O–H groups in total. The second kappa shape index (κ2) is 8.02. The van der Waals surface area contributed by atoms with Crippen molar-refractivity contribution in [2.75, 3.05) is 20.1 Å². The lowest BCUT2D eigenvalue weighted by Crippen LogP contribution is -2.51. The minimum absolute atomic E-state index is 0.0220. The van der Waals surface area contributed by atoms with Crippen LogP contribution >= 0.6 is 0 Å². The minimum Gasteiger partial charge on any atom is -0.481 e. The van der Waals surface area contributed by atoms with Gasteiger partial charge in [0.05, 0.1) is 6.42 Å².